The molecule has 1 aliphatic carbocycles. The number of rotatable bonds is 6. The molecule has 0 radical (unpaired) electrons. The molecule has 0 saturated heterocycles. The molecule has 1 fully saturated rings. The fraction of sp³-hybridized carbons (Fsp3) is 0.647. The van der Waals surface area contributed by atoms with Gasteiger partial charge < -0.3 is 10.1 Å². The Morgan fingerprint density at radius 1 is 1.32 bits per heavy atom. The van der Waals surface area contributed by atoms with Gasteiger partial charge in [0.25, 0.3) is 0 Å². The number of methoxy groups -OCH3 is 1. The van der Waals surface area contributed by atoms with Gasteiger partial charge in [-0.25, -0.2) is 0 Å². The van der Waals surface area contributed by atoms with E-state index in [4.69, 9.17) is 4.74 Å². The first-order valence-electron chi connectivity index (χ1n) is 7.56. The molecule has 2 rings (SSSR count). The summed E-state index contributed by atoms with van der Waals surface area (Å²) in [5.74, 6) is 1.92. The Morgan fingerprint density at radius 3 is 2.63 bits per heavy atom. The van der Waals surface area contributed by atoms with Gasteiger partial charge in [0.15, 0.2) is 0 Å². The van der Waals surface area contributed by atoms with Crippen molar-refractivity contribution in [2.24, 2.45) is 5.92 Å². The fourth-order valence-corrected chi connectivity index (χ4v) is 3.32. The van der Waals surface area contributed by atoms with Crippen molar-refractivity contribution in [2.75, 3.05) is 14.2 Å². The molecule has 1 atom stereocenters. The zero-order valence-electron chi connectivity index (χ0n) is 12.5. The Labute approximate surface area is 117 Å². The van der Waals surface area contributed by atoms with Crippen LogP contribution in [0.3, 0.4) is 0 Å². The van der Waals surface area contributed by atoms with E-state index in [-0.39, 0.29) is 0 Å². The van der Waals surface area contributed by atoms with Crippen LogP contribution < -0.4 is 10.1 Å². The summed E-state index contributed by atoms with van der Waals surface area (Å²) in [7, 11) is 3.80. The smallest absolute Gasteiger partial charge is 0.119 e. The molecule has 0 bridgehead atoms. The molecule has 0 aliphatic heterocycles. The summed E-state index contributed by atoms with van der Waals surface area (Å²) in [6, 6.07) is 6.90. The number of aryl methyl sites for hydroxylation is 1. The number of hydrogen-bond acceptors (Lipinski definition) is 2. The summed E-state index contributed by atoms with van der Waals surface area (Å²) < 4.78 is 5.28. The Balaban J connectivity index is 1.99. The predicted molar refractivity (Wildman–Crippen MR) is 80.7 cm³/mol. The molecule has 19 heavy (non-hydrogen) atoms. The van der Waals surface area contributed by atoms with Gasteiger partial charge >= 0.3 is 0 Å². The Bertz CT molecular complexity index is 396. The summed E-state index contributed by atoms with van der Waals surface area (Å²) in [6.45, 7) is 2.18. The maximum absolute atomic E-state index is 5.28. The predicted octanol–water partition coefficient (Wildman–Crippen LogP) is 4.23. The largest absolute Gasteiger partial charge is 0.497 e. The summed E-state index contributed by atoms with van der Waals surface area (Å²) in [5.41, 5.74) is 2.74. The quantitative estimate of drug-likeness (QED) is 0.827. The highest BCUT2D eigenvalue weighted by Crippen LogP contribution is 2.32. The van der Waals surface area contributed by atoms with E-state index in [2.05, 4.69) is 37.5 Å². The van der Waals surface area contributed by atoms with Crippen LogP contribution in [-0.2, 0) is 0 Å². The standard InChI is InChI=1S/C17H27NO/c1-13-12-15(19-3)9-10-16(13)17(18-2)11-8-14-6-4-5-7-14/h9-10,12,14,17-18H,4-8,11H2,1-3H3. The molecule has 0 spiro atoms. The van der Waals surface area contributed by atoms with E-state index in [1.54, 1.807) is 7.11 Å². The number of ether oxygens (including phenoxy) is 1. The second kappa shape index (κ2) is 6.95. The lowest BCUT2D eigenvalue weighted by molar-refractivity contribution is 0.411. The van der Waals surface area contributed by atoms with Crippen molar-refractivity contribution in [2.45, 2.75) is 51.5 Å². The molecule has 1 saturated carbocycles. The molecule has 2 heteroatoms. The maximum Gasteiger partial charge on any atom is 0.119 e. The molecule has 0 aromatic heterocycles. The van der Waals surface area contributed by atoms with Crippen LogP contribution in [0.15, 0.2) is 18.2 Å². The summed E-state index contributed by atoms with van der Waals surface area (Å²) >= 11 is 0. The highest BCUT2D eigenvalue weighted by molar-refractivity contribution is 5.36. The van der Waals surface area contributed by atoms with Crippen LogP contribution in [0.1, 0.15) is 55.7 Å². The van der Waals surface area contributed by atoms with Crippen LogP contribution in [-0.4, -0.2) is 14.2 Å². The molecular weight excluding hydrogens is 234 g/mol. The van der Waals surface area contributed by atoms with E-state index in [1.807, 2.05) is 0 Å². The van der Waals surface area contributed by atoms with Gasteiger partial charge in [-0.3, -0.25) is 0 Å². The Kier molecular flexibility index (Phi) is 5.26. The second-order valence-corrected chi connectivity index (χ2v) is 5.79. The van der Waals surface area contributed by atoms with E-state index in [1.165, 1.54) is 49.7 Å². The normalized spacial score (nSPS) is 17.6. The third-order valence-corrected chi connectivity index (χ3v) is 4.54. The summed E-state index contributed by atoms with van der Waals surface area (Å²) in [5, 5.41) is 3.48. The molecule has 0 amide bonds. The SMILES string of the molecule is CNC(CCC1CCCC1)c1ccc(OC)cc1C. The molecule has 1 unspecified atom stereocenters. The van der Waals surface area contributed by atoms with E-state index in [0.29, 0.717) is 6.04 Å². The van der Waals surface area contributed by atoms with Gasteiger partial charge in [-0.2, -0.15) is 0 Å². The maximum atomic E-state index is 5.28. The highest BCUT2D eigenvalue weighted by Gasteiger charge is 2.18. The van der Waals surface area contributed by atoms with Gasteiger partial charge in [0.1, 0.15) is 5.75 Å². The minimum absolute atomic E-state index is 0.478. The molecular formula is C17H27NO. The van der Waals surface area contributed by atoms with Crippen molar-refractivity contribution in [3.63, 3.8) is 0 Å². The number of benzene rings is 1. The Hall–Kier alpha value is -1.02. The van der Waals surface area contributed by atoms with E-state index >= 15 is 0 Å². The van der Waals surface area contributed by atoms with E-state index < -0.39 is 0 Å². The van der Waals surface area contributed by atoms with Crippen LogP contribution >= 0.6 is 0 Å². The zero-order valence-corrected chi connectivity index (χ0v) is 12.5. The number of nitrogens with one attached hydrogen (secondary N) is 1. The van der Waals surface area contributed by atoms with Crippen molar-refractivity contribution in [3.05, 3.63) is 29.3 Å². The lowest BCUT2D eigenvalue weighted by atomic mass is 9.92. The molecule has 1 aliphatic rings. The van der Waals surface area contributed by atoms with Crippen LogP contribution in [0.25, 0.3) is 0 Å². The van der Waals surface area contributed by atoms with Gasteiger partial charge in [0.05, 0.1) is 7.11 Å². The minimum atomic E-state index is 0.478. The molecule has 106 valence electrons. The molecule has 1 N–H and O–H groups in total. The van der Waals surface area contributed by atoms with Gasteiger partial charge in [-0.1, -0.05) is 31.7 Å². The average molecular weight is 261 g/mol. The van der Waals surface area contributed by atoms with Crippen molar-refractivity contribution >= 4 is 0 Å². The lowest BCUT2D eigenvalue weighted by Gasteiger charge is -2.21. The average Bonchev–Trinajstić information content (AvgIpc) is 2.94. The third kappa shape index (κ3) is 3.73. The van der Waals surface area contributed by atoms with Gasteiger partial charge in [0, 0.05) is 6.04 Å². The van der Waals surface area contributed by atoms with Crippen molar-refractivity contribution in [1.29, 1.82) is 0 Å². The Morgan fingerprint density at radius 2 is 2.05 bits per heavy atom. The topological polar surface area (TPSA) is 21.3 Å². The highest BCUT2D eigenvalue weighted by atomic mass is 16.5. The molecule has 1 aromatic rings. The third-order valence-electron chi connectivity index (χ3n) is 4.54. The monoisotopic (exact) mass is 261 g/mol. The van der Waals surface area contributed by atoms with Gasteiger partial charge in [-0.15, -0.1) is 0 Å². The summed E-state index contributed by atoms with van der Waals surface area (Å²) in [6.07, 6.45) is 8.37. The van der Waals surface area contributed by atoms with E-state index in [9.17, 15) is 0 Å². The van der Waals surface area contributed by atoms with Crippen molar-refractivity contribution in [1.82, 2.24) is 5.32 Å². The molecule has 1 aromatic carbocycles. The molecule has 2 nitrogen and oxygen atoms in total. The van der Waals surface area contributed by atoms with Gasteiger partial charge in [0.2, 0.25) is 0 Å². The van der Waals surface area contributed by atoms with Gasteiger partial charge in [-0.05, 0) is 56.0 Å². The van der Waals surface area contributed by atoms with Crippen LogP contribution in [0.2, 0.25) is 0 Å². The van der Waals surface area contributed by atoms with Crippen LogP contribution in [0.4, 0.5) is 0 Å². The fourth-order valence-electron chi connectivity index (χ4n) is 3.32. The first kappa shape index (κ1) is 14.4. The number of hydrogen-bond donors (Lipinski definition) is 1. The van der Waals surface area contributed by atoms with Crippen LogP contribution in [0, 0.1) is 12.8 Å². The van der Waals surface area contributed by atoms with Crippen molar-refractivity contribution < 1.29 is 4.74 Å². The second-order valence-electron chi connectivity index (χ2n) is 5.79. The summed E-state index contributed by atoms with van der Waals surface area (Å²) in [4.78, 5) is 0. The van der Waals surface area contributed by atoms with Crippen molar-refractivity contribution in [3.8, 4) is 5.75 Å². The lowest BCUT2D eigenvalue weighted by Crippen LogP contribution is -2.18. The first-order valence-corrected chi connectivity index (χ1v) is 7.56. The zero-order chi connectivity index (χ0) is 13.7. The molecule has 0 heterocycles. The minimum Gasteiger partial charge on any atom is -0.497 e. The van der Waals surface area contributed by atoms with E-state index in [0.717, 1.165) is 11.7 Å². The van der Waals surface area contributed by atoms with Crippen LogP contribution in [0.5, 0.6) is 5.75 Å². The first-order chi connectivity index (χ1) is 9.24.